The average Bonchev–Trinajstić information content (AvgIpc) is 3.05. The number of nitrogens with one attached hydrogen (secondary N) is 2. The largest absolute Gasteiger partial charge is 0.618 e. The molecular formula is C23H29N3O. The van der Waals surface area contributed by atoms with Crippen LogP contribution in [-0.4, -0.2) is 18.1 Å². The van der Waals surface area contributed by atoms with Gasteiger partial charge in [-0.2, -0.15) is 4.73 Å². The van der Waals surface area contributed by atoms with Crippen LogP contribution in [0.2, 0.25) is 0 Å². The maximum atomic E-state index is 12.1. The van der Waals surface area contributed by atoms with Crippen LogP contribution in [0.1, 0.15) is 61.0 Å². The van der Waals surface area contributed by atoms with E-state index in [-0.39, 0.29) is 0 Å². The zero-order valence-electron chi connectivity index (χ0n) is 16.7. The summed E-state index contributed by atoms with van der Waals surface area (Å²) in [6.45, 7) is 10.5. The number of fused-ring (bicyclic) bond motifs is 1. The van der Waals surface area contributed by atoms with E-state index < -0.39 is 0 Å². The summed E-state index contributed by atoms with van der Waals surface area (Å²) in [4.78, 5) is 3.64. The second kappa shape index (κ2) is 7.01. The molecule has 1 saturated heterocycles. The van der Waals surface area contributed by atoms with Gasteiger partial charge in [-0.3, -0.25) is 0 Å². The van der Waals surface area contributed by atoms with E-state index in [1.54, 1.807) is 0 Å². The van der Waals surface area contributed by atoms with Gasteiger partial charge in [-0.25, -0.2) is 0 Å². The van der Waals surface area contributed by atoms with E-state index in [9.17, 15) is 5.21 Å². The van der Waals surface area contributed by atoms with Gasteiger partial charge in [-0.15, -0.1) is 0 Å². The Morgan fingerprint density at radius 2 is 1.70 bits per heavy atom. The minimum atomic E-state index is 0.400. The summed E-state index contributed by atoms with van der Waals surface area (Å²) in [5.74, 6) is 1.05. The number of hydrogen-bond donors (Lipinski definition) is 2. The number of rotatable bonds is 3. The fraction of sp³-hybridized carbons (Fsp3) is 0.435. The Kier molecular flexibility index (Phi) is 4.68. The summed E-state index contributed by atoms with van der Waals surface area (Å²) < 4.78 is 0.996. The maximum Gasteiger partial charge on any atom is 0.190 e. The summed E-state index contributed by atoms with van der Waals surface area (Å²) in [5.41, 5.74) is 7.69. The van der Waals surface area contributed by atoms with Crippen LogP contribution < -0.4 is 10.0 Å². The topological polar surface area (TPSA) is 54.8 Å². The van der Waals surface area contributed by atoms with Crippen molar-refractivity contribution in [2.45, 2.75) is 52.4 Å². The number of H-pyrrole nitrogens is 1. The first kappa shape index (κ1) is 18.1. The van der Waals surface area contributed by atoms with Gasteiger partial charge in [0.15, 0.2) is 11.4 Å². The SMILES string of the molecule is Cc1cc(-c2[nH]c3ccc(C4CCNCC4)cc3c2C(C)C)cc(C)[n+]1[O-]. The van der Waals surface area contributed by atoms with Crippen molar-refractivity contribution in [2.75, 3.05) is 13.1 Å². The zero-order valence-corrected chi connectivity index (χ0v) is 16.7. The van der Waals surface area contributed by atoms with E-state index in [1.807, 2.05) is 26.0 Å². The second-order valence-electron chi connectivity index (χ2n) is 8.22. The lowest BCUT2D eigenvalue weighted by Gasteiger charge is -2.23. The highest BCUT2D eigenvalue weighted by atomic mass is 16.5. The Morgan fingerprint density at radius 1 is 1.04 bits per heavy atom. The molecule has 0 atom stereocenters. The molecule has 0 saturated carbocycles. The van der Waals surface area contributed by atoms with Gasteiger partial charge in [0.1, 0.15) is 0 Å². The van der Waals surface area contributed by atoms with Crippen LogP contribution >= 0.6 is 0 Å². The first-order valence-corrected chi connectivity index (χ1v) is 10.0. The summed E-state index contributed by atoms with van der Waals surface area (Å²) in [5, 5.41) is 16.8. The van der Waals surface area contributed by atoms with E-state index in [0.29, 0.717) is 11.8 Å². The van der Waals surface area contributed by atoms with Gasteiger partial charge in [-0.1, -0.05) is 19.9 Å². The molecule has 4 heteroatoms. The Hall–Kier alpha value is -2.33. The third kappa shape index (κ3) is 3.23. The zero-order chi connectivity index (χ0) is 19.1. The van der Waals surface area contributed by atoms with E-state index in [2.05, 4.69) is 42.3 Å². The highest BCUT2D eigenvalue weighted by Gasteiger charge is 2.21. The van der Waals surface area contributed by atoms with Crippen LogP contribution in [0, 0.1) is 19.1 Å². The molecule has 1 fully saturated rings. The molecule has 1 aliphatic rings. The number of hydrogen-bond acceptors (Lipinski definition) is 2. The Morgan fingerprint density at radius 3 is 2.33 bits per heavy atom. The molecule has 0 amide bonds. The molecule has 142 valence electrons. The molecule has 1 aromatic carbocycles. The van der Waals surface area contributed by atoms with Gasteiger partial charge in [0.05, 0.1) is 5.69 Å². The van der Waals surface area contributed by atoms with Gasteiger partial charge >= 0.3 is 0 Å². The summed E-state index contributed by atoms with van der Waals surface area (Å²) in [6, 6.07) is 10.9. The number of aromatic nitrogens is 2. The smallest absolute Gasteiger partial charge is 0.190 e. The van der Waals surface area contributed by atoms with Crippen molar-refractivity contribution in [1.82, 2.24) is 10.3 Å². The molecule has 2 aromatic heterocycles. The number of benzene rings is 1. The molecule has 0 radical (unpaired) electrons. The Balaban J connectivity index is 1.87. The molecule has 1 aliphatic heterocycles. The first-order chi connectivity index (χ1) is 13.0. The van der Waals surface area contributed by atoms with Crippen molar-refractivity contribution in [3.63, 3.8) is 0 Å². The van der Waals surface area contributed by atoms with E-state index in [1.165, 1.54) is 34.9 Å². The van der Waals surface area contributed by atoms with E-state index >= 15 is 0 Å². The molecule has 3 heterocycles. The van der Waals surface area contributed by atoms with Crippen molar-refractivity contribution in [3.05, 3.63) is 58.1 Å². The van der Waals surface area contributed by atoms with Crippen LogP contribution in [0.25, 0.3) is 22.2 Å². The van der Waals surface area contributed by atoms with Gasteiger partial charge in [0.25, 0.3) is 0 Å². The van der Waals surface area contributed by atoms with E-state index in [4.69, 9.17) is 0 Å². The number of pyridine rings is 1. The number of piperidine rings is 1. The summed E-state index contributed by atoms with van der Waals surface area (Å²) in [7, 11) is 0. The molecule has 4 rings (SSSR count). The molecule has 2 N–H and O–H groups in total. The third-order valence-corrected chi connectivity index (χ3v) is 5.91. The van der Waals surface area contributed by atoms with Crippen molar-refractivity contribution in [1.29, 1.82) is 0 Å². The van der Waals surface area contributed by atoms with Gasteiger partial charge < -0.3 is 15.5 Å². The number of aryl methyl sites for hydroxylation is 2. The lowest BCUT2D eigenvalue weighted by Crippen LogP contribution is -2.33. The highest BCUT2D eigenvalue weighted by molar-refractivity contribution is 5.92. The quantitative estimate of drug-likeness (QED) is 0.524. The third-order valence-electron chi connectivity index (χ3n) is 5.91. The minimum Gasteiger partial charge on any atom is -0.618 e. The van der Waals surface area contributed by atoms with Gasteiger partial charge in [0.2, 0.25) is 0 Å². The minimum absolute atomic E-state index is 0.400. The fourth-order valence-electron chi connectivity index (χ4n) is 4.50. The lowest BCUT2D eigenvalue weighted by atomic mass is 9.88. The molecule has 3 aromatic rings. The number of aromatic amines is 1. The second-order valence-corrected chi connectivity index (χ2v) is 8.22. The van der Waals surface area contributed by atoms with E-state index in [0.717, 1.165) is 40.5 Å². The average molecular weight is 364 g/mol. The Labute approximate surface area is 161 Å². The van der Waals surface area contributed by atoms with Gasteiger partial charge in [-0.05, 0) is 61.0 Å². The number of nitrogens with zero attached hydrogens (tertiary/aromatic N) is 1. The lowest BCUT2D eigenvalue weighted by molar-refractivity contribution is -0.619. The molecular weight excluding hydrogens is 334 g/mol. The predicted octanol–water partition coefficient (Wildman–Crippen LogP) is 4.68. The van der Waals surface area contributed by atoms with Crippen LogP contribution in [0.3, 0.4) is 0 Å². The normalized spacial score (nSPS) is 15.7. The predicted molar refractivity (Wildman–Crippen MR) is 111 cm³/mol. The first-order valence-electron chi connectivity index (χ1n) is 10.0. The monoisotopic (exact) mass is 363 g/mol. The maximum absolute atomic E-state index is 12.1. The standard InChI is InChI=1S/C23H29N3O/c1-14(2)22-20-13-18(17-7-9-24-10-8-17)5-6-21(20)25-23(22)19-11-15(3)26(27)16(4)12-19/h5-6,11-14,17,24-25H,7-10H2,1-4H3. The van der Waals surface area contributed by atoms with Crippen LogP contribution in [0.5, 0.6) is 0 Å². The van der Waals surface area contributed by atoms with Crippen LogP contribution in [-0.2, 0) is 0 Å². The van der Waals surface area contributed by atoms with Crippen molar-refractivity contribution < 1.29 is 4.73 Å². The van der Waals surface area contributed by atoms with Crippen molar-refractivity contribution in [3.8, 4) is 11.3 Å². The molecule has 0 bridgehead atoms. The molecule has 4 nitrogen and oxygen atoms in total. The highest BCUT2D eigenvalue weighted by Crippen LogP contribution is 2.38. The van der Waals surface area contributed by atoms with Crippen molar-refractivity contribution >= 4 is 10.9 Å². The molecule has 27 heavy (non-hydrogen) atoms. The van der Waals surface area contributed by atoms with Crippen LogP contribution in [0.15, 0.2) is 30.3 Å². The Bertz CT molecular complexity index is 958. The molecule has 0 spiro atoms. The molecule has 0 unspecified atom stereocenters. The van der Waals surface area contributed by atoms with Crippen molar-refractivity contribution in [2.24, 2.45) is 0 Å². The fourth-order valence-corrected chi connectivity index (χ4v) is 4.50. The van der Waals surface area contributed by atoms with Crippen LogP contribution in [0.4, 0.5) is 0 Å². The summed E-state index contributed by atoms with van der Waals surface area (Å²) in [6.07, 6.45) is 2.42. The van der Waals surface area contributed by atoms with Gasteiger partial charge in [0, 0.05) is 42.4 Å². The molecule has 0 aliphatic carbocycles. The summed E-state index contributed by atoms with van der Waals surface area (Å²) >= 11 is 0.